The Labute approximate surface area is 408 Å². The van der Waals surface area contributed by atoms with Gasteiger partial charge in [0.2, 0.25) is 17.7 Å². The van der Waals surface area contributed by atoms with Gasteiger partial charge in [0.25, 0.3) is 0 Å². The molecule has 6 rings (SSSR count). The first-order chi connectivity index (χ1) is 52.5. The van der Waals surface area contributed by atoms with Gasteiger partial charge in [-0.3, -0.25) is 43.5 Å². The van der Waals surface area contributed by atoms with Crippen molar-refractivity contribution in [3.05, 3.63) is 36.8 Å². The first kappa shape index (κ1) is 20.6. The third kappa shape index (κ3) is 9.74. The van der Waals surface area contributed by atoms with Crippen LogP contribution in [0.5, 0.6) is 0 Å². The first-order valence-corrected chi connectivity index (χ1v) is 18.4. The van der Waals surface area contributed by atoms with Crippen LogP contribution in [0.25, 0.3) is 0 Å². The number of carbonyl (C=O) groups is 7. The van der Waals surface area contributed by atoms with Crippen molar-refractivity contribution in [2.24, 2.45) is 17.8 Å². The maximum absolute atomic E-state index is 11.9. The quantitative estimate of drug-likeness (QED) is 0.178. The van der Waals surface area contributed by atoms with Crippen LogP contribution in [0.15, 0.2) is 36.8 Å². The maximum atomic E-state index is 11.9. The Balaban J connectivity index is -0.0000000328. The van der Waals surface area contributed by atoms with Crippen molar-refractivity contribution < 1.29 is 152 Å². The minimum atomic E-state index is -0.656. The van der Waals surface area contributed by atoms with E-state index < -0.39 is 49.2 Å². The van der Waals surface area contributed by atoms with Gasteiger partial charge in [-0.15, -0.1) is 0 Å². The summed E-state index contributed by atoms with van der Waals surface area (Å²) in [6.07, 6.45) is 2.94. The van der Waals surface area contributed by atoms with Gasteiger partial charge in [0.05, 0.1) is 43.7 Å². The van der Waals surface area contributed by atoms with Crippen molar-refractivity contribution in [2.75, 3.05) is 21.3 Å². The molecular formula is C38H109N3O15. The molecule has 0 aromatic carbocycles. The summed E-state index contributed by atoms with van der Waals surface area (Å²) >= 11 is 0. The van der Waals surface area contributed by atoms with Crippen LogP contribution < -0.4 is 0 Å². The zero-order valence-corrected chi connectivity index (χ0v) is 32.8. The number of amides is 3. The zero-order valence-electron chi connectivity index (χ0n) is 84.8. The molecule has 0 spiro atoms. The van der Waals surface area contributed by atoms with E-state index in [2.05, 4.69) is 0 Å². The molecule has 6 aliphatic heterocycles. The van der Waals surface area contributed by atoms with Gasteiger partial charge in [-0.05, 0) is 32.1 Å². The number of aliphatic hydroxyl groups is 2. The second-order valence-electron chi connectivity index (χ2n) is 14.5. The number of aldehydes is 1. The molecule has 0 aliphatic carbocycles. The molecule has 0 aromatic rings. The number of allylic oxidation sites excluding steroid dienone is 3. The molecule has 2 N–H and O–H groups in total. The average Bonchev–Trinajstić information content (AvgIpc) is 1.66. The zero-order chi connectivity index (χ0) is 93.6. The van der Waals surface area contributed by atoms with E-state index in [1.807, 2.05) is 20.8 Å². The van der Waals surface area contributed by atoms with E-state index in [4.69, 9.17) is 106 Å². The van der Waals surface area contributed by atoms with Crippen LogP contribution in [0, 0.1) is 17.8 Å². The molecule has 3 saturated heterocycles. The van der Waals surface area contributed by atoms with Crippen molar-refractivity contribution in [2.45, 2.75) is 121 Å². The van der Waals surface area contributed by atoms with Crippen molar-refractivity contribution in [1.82, 2.24) is 14.7 Å². The van der Waals surface area contributed by atoms with Gasteiger partial charge in [-0.1, -0.05) is 20.8 Å². The van der Waals surface area contributed by atoms with Crippen LogP contribution in [0.2, 0.25) is 0 Å². The summed E-state index contributed by atoms with van der Waals surface area (Å²) in [5.74, 6) is -1.85. The van der Waals surface area contributed by atoms with Gasteiger partial charge < -0.3 is 43.4 Å². The van der Waals surface area contributed by atoms with Crippen molar-refractivity contribution in [1.29, 1.82) is 0 Å². The molecule has 6 heterocycles. The monoisotopic (exact) mass is 902 g/mol. The normalized spacial score (nSPS) is 40.4. The second-order valence-corrected chi connectivity index (χ2v) is 14.5. The molecule has 366 valence electrons. The highest BCUT2D eigenvalue weighted by Crippen LogP contribution is 2.35. The van der Waals surface area contributed by atoms with Gasteiger partial charge in [0.15, 0.2) is 36.0 Å². The lowest BCUT2D eigenvalue weighted by Gasteiger charge is -2.30. The largest absolute Gasteiger partial charge is 0.391 e. The molecular weight excluding hydrogens is 738 g/mol. The highest BCUT2D eigenvalue weighted by atomic mass is 16.6. The number of ether oxygens (including phenoxy) is 6. The first-order valence-electron chi connectivity index (χ1n) is 44.4. The van der Waals surface area contributed by atoms with Gasteiger partial charge in [-0.2, -0.15) is 0 Å². The lowest BCUT2D eigenvalue weighted by molar-refractivity contribution is -0.153. The molecule has 3 amide bonds. The van der Waals surface area contributed by atoms with Gasteiger partial charge in [-0.25, -0.2) is 0 Å². The summed E-state index contributed by atoms with van der Waals surface area (Å²) in [5, 5.41) is 19.4. The minimum absolute atomic E-state index is 0. The molecule has 56 heavy (non-hydrogen) atoms. The van der Waals surface area contributed by atoms with E-state index in [-0.39, 0.29) is 93.3 Å². The predicted octanol–water partition coefficient (Wildman–Crippen LogP) is 6.88. The summed E-state index contributed by atoms with van der Waals surface area (Å²) in [6.45, 7) is 8.95. The van der Waals surface area contributed by atoms with E-state index in [1.54, 1.807) is 28.1 Å². The Morgan fingerprint density at radius 1 is 0.625 bits per heavy atom. The van der Waals surface area contributed by atoms with Crippen LogP contribution in [-0.2, 0) is 62.0 Å². The number of ketones is 3. The van der Waals surface area contributed by atoms with Crippen LogP contribution >= 0.6 is 0 Å². The number of carbonyl (C=O) groups excluding carboxylic acids is 7. The molecule has 6 aliphatic rings. The Kier molecular flexibility index (Phi) is 7.15. The fraction of sp³-hybridized carbons (Fsp3) is 0.658. The Bertz CT molecular complexity index is 1610. The molecule has 0 unspecified atom stereocenters. The van der Waals surface area contributed by atoms with E-state index in [9.17, 15) is 43.8 Å². The van der Waals surface area contributed by atoms with E-state index in [0.29, 0.717) is 6.29 Å². The summed E-state index contributed by atoms with van der Waals surface area (Å²) in [7, 11) is 4.60. The van der Waals surface area contributed by atoms with Crippen molar-refractivity contribution in [3.8, 4) is 0 Å². The highest BCUT2D eigenvalue weighted by Gasteiger charge is 2.50. The van der Waals surface area contributed by atoms with Crippen LogP contribution in [0.3, 0.4) is 0 Å². The van der Waals surface area contributed by atoms with Crippen LogP contribution in [0.1, 0.15) is 134 Å². The smallest absolute Gasteiger partial charge is 0.236 e. The third-order valence-corrected chi connectivity index (χ3v) is 10.7. The van der Waals surface area contributed by atoms with Crippen LogP contribution in [-0.4, -0.2) is 155 Å². The molecule has 0 aromatic heterocycles. The van der Waals surface area contributed by atoms with Crippen molar-refractivity contribution in [3.63, 3.8) is 0 Å². The average molecular weight is 903 g/mol. The highest BCUT2D eigenvalue weighted by molar-refractivity contribution is 6.07. The second kappa shape index (κ2) is 19.4. The van der Waals surface area contributed by atoms with Gasteiger partial charge >= 0.3 is 0 Å². The van der Waals surface area contributed by atoms with E-state index >= 15 is 0 Å². The lowest BCUT2D eigenvalue weighted by atomic mass is 9.96. The summed E-state index contributed by atoms with van der Waals surface area (Å²) in [4.78, 5) is 84.0. The Hall–Kier alpha value is -4.01. The standard InChI is InChI=1S/2C13H19NO5.C12H15NO5.28H2/c2*1-7-11(8(2)15)19-13(12(7)18-3)14-5-4-9(16)6-10(14)17;1-7-9(6-14)18-12(11(7)17-2)13-4-3-8(15)5-10(13)16;;;;;;;;;;;;;;;;;;;;;;;;;;;;/h2*4-5,7-8,11-13,15H,6H2,1-3H3;3-4,6-7,9,11-12H,5H2,1-2H3;28*1H/t7-,8+,11+,12-,13-;7-,8-,11+,12-,13-;7-,9-,11-,12-;;;;;;;;;;;;;;;;;;;;;;;;;;;;/m111............................/s1/i;;;26*1+1D;2*1+1. The Morgan fingerprint density at radius 3 is 1.20 bits per heavy atom. The molecule has 0 radical (unpaired) electrons. The molecule has 18 nitrogen and oxygen atoms in total. The number of hydrogen-bond donors (Lipinski definition) is 2. The fourth-order valence-electron chi connectivity index (χ4n) is 7.67. The van der Waals surface area contributed by atoms with Crippen molar-refractivity contribution >= 4 is 41.4 Å². The number of hydrogen-bond acceptors (Lipinski definition) is 15. The molecule has 18 heteroatoms. The topological polar surface area (TPSA) is 225 Å². The van der Waals surface area contributed by atoms with Gasteiger partial charge in [0.1, 0.15) is 30.7 Å². The fourth-order valence-corrected chi connectivity index (χ4v) is 7.67. The molecule has 0 bridgehead atoms. The third-order valence-electron chi connectivity index (χ3n) is 10.7. The molecule has 0 saturated carbocycles. The predicted molar refractivity (Wildman–Crippen MR) is 251 cm³/mol. The summed E-state index contributed by atoms with van der Waals surface area (Å²) < 4.78 is 293. The van der Waals surface area contributed by atoms with E-state index in [1.165, 1.54) is 58.6 Å². The summed E-state index contributed by atoms with van der Waals surface area (Å²) in [6, 6.07) is 0. The maximum Gasteiger partial charge on any atom is 0.236 e. The number of methoxy groups -OCH3 is 3. The number of nitrogens with zero attached hydrogens (tertiary/aromatic N) is 3. The lowest BCUT2D eigenvalue weighted by Crippen LogP contribution is -2.45. The number of rotatable bonds is 9. The van der Waals surface area contributed by atoms with Crippen LogP contribution in [0.4, 0.5) is 0 Å². The van der Waals surface area contributed by atoms with Gasteiger partial charge in [0, 0.05) is 138 Å². The minimum Gasteiger partial charge on any atom is -0.391 e. The number of aliphatic hydroxyl groups excluding tert-OH is 2. The molecule has 14 atom stereocenters. The SMILES string of the molecule is CO[C@@H]1[C@H](C)[C@@H](C=O)O[C@H]1N1C=CC(=O)CC1=O.CO[C@@H]1[C@H](C)[C@@H]([C@@H](C)O)O[C@H]1N1C=CC(=O)CC1=O.CO[C@@H]1[C@H](C)[C@@H]([C@H](C)O)O[C@H]1N1C=CC(=O)CC1=O.[2HH].[2HH].[2H][2H].[2H][2H].[2H][2H].[2H][2H].[2H][2H].[2H][2H].[2H][2H].[2H][2H].[2H][2H].[2H][2H].[2H][2H].[2H][2H].[2H][2H].[2H][2H].[2H][2H].[2H][2H].[2H][2H].[2H][2H].[2H][2H].[2H][2H].[2H][2H].[2H][2H].[2H][2H].[2H][2H].[2H][2H].[2H][2H]. The Morgan fingerprint density at radius 2 is 0.929 bits per heavy atom. The summed E-state index contributed by atoms with van der Waals surface area (Å²) in [5.41, 5.74) is 0. The molecule has 3 fully saturated rings. The van der Waals surface area contributed by atoms with E-state index in [0.717, 1.165) is 0 Å².